The highest BCUT2D eigenvalue weighted by Gasteiger charge is 2.28. The minimum atomic E-state index is -0.0335. The van der Waals surface area contributed by atoms with Crippen LogP contribution in [0.4, 0.5) is 0 Å². The predicted octanol–water partition coefficient (Wildman–Crippen LogP) is 2.56. The van der Waals surface area contributed by atoms with Crippen LogP contribution in [0.5, 0.6) is 0 Å². The zero-order valence-electron chi connectivity index (χ0n) is 13.1. The van der Waals surface area contributed by atoms with E-state index in [9.17, 15) is 4.79 Å². The van der Waals surface area contributed by atoms with Gasteiger partial charge in [0.2, 0.25) is 0 Å². The van der Waals surface area contributed by atoms with E-state index in [4.69, 9.17) is 4.74 Å². The topological polar surface area (TPSA) is 64.1 Å². The number of rotatable bonds is 5. The van der Waals surface area contributed by atoms with Gasteiger partial charge in [-0.25, -0.2) is 0 Å². The molecule has 1 aliphatic rings. The minimum absolute atomic E-state index is 0.0335. The zero-order chi connectivity index (χ0) is 15.2. The van der Waals surface area contributed by atoms with Crippen LogP contribution in [-0.2, 0) is 9.53 Å². The van der Waals surface area contributed by atoms with E-state index < -0.39 is 0 Å². The molecule has 1 N–H and O–H groups in total. The largest absolute Gasteiger partial charge is 0.466 e. The summed E-state index contributed by atoms with van der Waals surface area (Å²) < 4.78 is 5.11. The fraction of sp³-hybridized carbons (Fsp3) is 0.688. The highest BCUT2D eigenvalue weighted by atomic mass is 16.5. The number of ether oxygens (including phenoxy) is 1. The summed E-state index contributed by atoms with van der Waals surface area (Å²) in [5.41, 5.74) is 1.97. The molecule has 2 rings (SSSR count). The molecular weight excluding hydrogens is 266 g/mol. The van der Waals surface area contributed by atoms with Crippen molar-refractivity contribution in [1.82, 2.24) is 15.3 Å². The van der Waals surface area contributed by atoms with Gasteiger partial charge >= 0.3 is 5.97 Å². The second-order valence-electron chi connectivity index (χ2n) is 5.72. The average molecular weight is 291 g/mol. The van der Waals surface area contributed by atoms with Crippen LogP contribution in [0.1, 0.15) is 57.0 Å². The maximum atomic E-state index is 11.7. The lowest BCUT2D eigenvalue weighted by Crippen LogP contribution is -2.37. The van der Waals surface area contributed by atoms with E-state index in [1.165, 1.54) is 0 Å². The van der Waals surface area contributed by atoms with Crippen LogP contribution >= 0.6 is 0 Å². The molecule has 1 atom stereocenters. The fourth-order valence-corrected chi connectivity index (χ4v) is 3.03. The van der Waals surface area contributed by atoms with Crippen LogP contribution in [-0.4, -0.2) is 28.6 Å². The molecular formula is C16H25N3O2. The van der Waals surface area contributed by atoms with Crippen LogP contribution in [0, 0.1) is 12.8 Å². The molecule has 0 radical (unpaired) electrons. The molecule has 0 aliphatic heterocycles. The first-order chi connectivity index (χ1) is 10.1. The molecule has 1 aromatic heterocycles. The van der Waals surface area contributed by atoms with Gasteiger partial charge in [0.25, 0.3) is 0 Å². The van der Waals surface area contributed by atoms with Crippen molar-refractivity contribution in [3.8, 4) is 0 Å². The molecule has 0 amide bonds. The quantitative estimate of drug-likeness (QED) is 0.845. The molecule has 1 fully saturated rings. The Morgan fingerprint density at radius 1 is 1.33 bits per heavy atom. The molecule has 1 saturated carbocycles. The Labute approximate surface area is 126 Å². The number of aryl methyl sites for hydroxylation is 1. The number of carbonyl (C=O) groups is 1. The number of hydrogen-bond donors (Lipinski definition) is 1. The van der Waals surface area contributed by atoms with Crippen molar-refractivity contribution in [2.75, 3.05) is 6.61 Å². The standard InChI is InChI=1S/C16H25N3O2/c1-4-21-16(20)13-5-7-14(8-6-13)19-12(3)15-11(2)17-9-10-18-15/h9-10,12-14,19H,4-8H2,1-3H3. The summed E-state index contributed by atoms with van der Waals surface area (Å²) in [5.74, 6) is 0.0466. The highest BCUT2D eigenvalue weighted by Crippen LogP contribution is 2.27. The molecule has 0 saturated heterocycles. The van der Waals surface area contributed by atoms with E-state index in [1.807, 2.05) is 13.8 Å². The minimum Gasteiger partial charge on any atom is -0.466 e. The van der Waals surface area contributed by atoms with E-state index in [1.54, 1.807) is 12.4 Å². The first-order valence-electron chi connectivity index (χ1n) is 7.82. The Kier molecular flexibility index (Phi) is 5.67. The van der Waals surface area contributed by atoms with Gasteiger partial charge in [0.1, 0.15) is 0 Å². The Morgan fingerprint density at radius 3 is 2.62 bits per heavy atom. The molecule has 1 aliphatic carbocycles. The van der Waals surface area contributed by atoms with Crippen molar-refractivity contribution in [2.24, 2.45) is 5.92 Å². The number of carbonyl (C=O) groups excluding carboxylic acids is 1. The maximum Gasteiger partial charge on any atom is 0.308 e. The fourth-order valence-electron chi connectivity index (χ4n) is 3.03. The van der Waals surface area contributed by atoms with E-state index in [0.29, 0.717) is 12.6 Å². The van der Waals surface area contributed by atoms with Gasteiger partial charge < -0.3 is 10.1 Å². The summed E-state index contributed by atoms with van der Waals surface area (Å²) in [4.78, 5) is 20.4. The van der Waals surface area contributed by atoms with Gasteiger partial charge in [-0.2, -0.15) is 0 Å². The zero-order valence-corrected chi connectivity index (χ0v) is 13.1. The lowest BCUT2D eigenvalue weighted by Gasteiger charge is -2.30. The maximum absolute atomic E-state index is 11.7. The second-order valence-corrected chi connectivity index (χ2v) is 5.72. The molecule has 21 heavy (non-hydrogen) atoms. The van der Waals surface area contributed by atoms with Crippen molar-refractivity contribution in [3.63, 3.8) is 0 Å². The molecule has 0 aromatic carbocycles. The molecule has 1 aromatic rings. The van der Waals surface area contributed by atoms with Crippen LogP contribution < -0.4 is 5.32 Å². The van der Waals surface area contributed by atoms with Crippen LogP contribution in [0.3, 0.4) is 0 Å². The summed E-state index contributed by atoms with van der Waals surface area (Å²) >= 11 is 0. The molecule has 1 unspecified atom stereocenters. The number of nitrogens with one attached hydrogen (secondary N) is 1. The molecule has 5 nitrogen and oxygen atoms in total. The monoisotopic (exact) mass is 291 g/mol. The Hall–Kier alpha value is -1.49. The van der Waals surface area contributed by atoms with E-state index in [2.05, 4.69) is 22.2 Å². The lowest BCUT2D eigenvalue weighted by atomic mass is 9.85. The van der Waals surface area contributed by atoms with E-state index >= 15 is 0 Å². The van der Waals surface area contributed by atoms with Gasteiger partial charge in [-0.3, -0.25) is 14.8 Å². The molecule has 5 heteroatoms. The number of hydrogen-bond acceptors (Lipinski definition) is 5. The van der Waals surface area contributed by atoms with Gasteiger partial charge in [0.15, 0.2) is 0 Å². The van der Waals surface area contributed by atoms with Crippen LogP contribution in [0.15, 0.2) is 12.4 Å². The number of nitrogens with zero attached hydrogens (tertiary/aromatic N) is 2. The summed E-state index contributed by atoms with van der Waals surface area (Å²) in [5, 5.41) is 3.61. The Morgan fingerprint density at radius 2 is 2.00 bits per heavy atom. The van der Waals surface area contributed by atoms with Gasteiger partial charge in [0.05, 0.1) is 23.9 Å². The normalized spacial score (nSPS) is 23.6. The second kappa shape index (κ2) is 7.50. The third-order valence-corrected chi connectivity index (χ3v) is 4.16. The van der Waals surface area contributed by atoms with Gasteiger partial charge in [0, 0.05) is 24.5 Å². The number of aromatic nitrogens is 2. The Balaban J connectivity index is 1.83. The van der Waals surface area contributed by atoms with Crippen molar-refractivity contribution in [1.29, 1.82) is 0 Å². The van der Waals surface area contributed by atoms with Crippen LogP contribution in [0.2, 0.25) is 0 Å². The molecule has 0 spiro atoms. The first-order valence-corrected chi connectivity index (χ1v) is 7.82. The Bertz CT molecular complexity index is 470. The summed E-state index contributed by atoms with van der Waals surface area (Å²) in [6.45, 7) is 6.43. The van der Waals surface area contributed by atoms with Gasteiger partial charge in [-0.15, -0.1) is 0 Å². The van der Waals surface area contributed by atoms with E-state index in [0.717, 1.165) is 37.1 Å². The van der Waals surface area contributed by atoms with Crippen molar-refractivity contribution in [2.45, 2.75) is 58.5 Å². The first kappa shape index (κ1) is 15.9. The van der Waals surface area contributed by atoms with Crippen LogP contribution in [0.25, 0.3) is 0 Å². The van der Waals surface area contributed by atoms with Gasteiger partial charge in [-0.1, -0.05) is 0 Å². The third-order valence-electron chi connectivity index (χ3n) is 4.16. The smallest absolute Gasteiger partial charge is 0.308 e. The van der Waals surface area contributed by atoms with Crippen molar-refractivity contribution < 1.29 is 9.53 Å². The predicted molar refractivity (Wildman–Crippen MR) is 80.7 cm³/mol. The molecule has 116 valence electrons. The third kappa shape index (κ3) is 4.24. The highest BCUT2D eigenvalue weighted by molar-refractivity contribution is 5.72. The van der Waals surface area contributed by atoms with E-state index in [-0.39, 0.29) is 17.9 Å². The summed E-state index contributed by atoms with van der Waals surface area (Å²) in [7, 11) is 0. The van der Waals surface area contributed by atoms with Crippen molar-refractivity contribution >= 4 is 5.97 Å². The molecule has 0 bridgehead atoms. The average Bonchev–Trinajstić information content (AvgIpc) is 2.48. The summed E-state index contributed by atoms with van der Waals surface area (Å²) in [6, 6.07) is 0.620. The van der Waals surface area contributed by atoms with Gasteiger partial charge in [-0.05, 0) is 46.5 Å². The van der Waals surface area contributed by atoms with Crippen molar-refractivity contribution in [3.05, 3.63) is 23.8 Å². The molecule has 1 heterocycles. The number of esters is 1. The lowest BCUT2D eigenvalue weighted by molar-refractivity contribution is -0.149. The SMILES string of the molecule is CCOC(=O)C1CCC(NC(C)c2nccnc2C)CC1. The summed E-state index contributed by atoms with van der Waals surface area (Å²) in [6.07, 6.45) is 7.28.